The highest BCUT2D eigenvalue weighted by molar-refractivity contribution is 9.10. The lowest BCUT2D eigenvalue weighted by Crippen LogP contribution is -2.31. The molecule has 13 heteroatoms. The minimum absolute atomic E-state index is 0.00565. The Hall–Kier alpha value is -5.24. The number of nitrogens with zero attached hydrogens (tertiary/aromatic N) is 3. The van der Waals surface area contributed by atoms with Gasteiger partial charge in [-0.15, -0.1) is 0 Å². The number of aromatic nitrogens is 2. The van der Waals surface area contributed by atoms with Crippen LogP contribution < -0.4 is 9.47 Å². The molecule has 0 aliphatic heterocycles. The van der Waals surface area contributed by atoms with Crippen LogP contribution in [0, 0.1) is 11.7 Å². The van der Waals surface area contributed by atoms with Gasteiger partial charge in [-0.2, -0.15) is 4.31 Å². The van der Waals surface area contributed by atoms with Crippen molar-refractivity contribution in [1.82, 2.24) is 13.9 Å². The summed E-state index contributed by atoms with van der Waals surface area (Å²) in [6.45, 7) is 1.94. The minimum atomic E-state index is -4.33. The van der Waals surface area contributed by atoms with E-state index in [4.69, 9.17) is 18.6 Å². The predicted octanol–water partition coefficient (Wildman–Crippen LogP) is 9.16. The van der Waals surface area contributed by atoms with Crippen LogP contribution in [-0.2, 0) is 40.7 Å². The van der Waals surface area contributed by atoms with Crippen molar-refractivity contribution in [2.75, 3.05) is 20.8 Å². The predicted molar refractivity (Wildman–Crippen MR) is 213 cm³/mol. The molecule has 10 nitrogen and oxygen atoms in total. The van der Waals surface area contributed by atoms with E-state index in [9.17, 15) is 13.2 Å². The molecule has 1 fully saturated rings. The van der Waals surface area contributed by atoms with E-state index in [1.165, 1.54) is 22.7 Å². The van der Waals surface area contributed by atoms with E-state index in [0.717, 1.165) is 46.2 Å². The summed E-state index contributed by atoms with van der Waals surface area (Å²) in [5.41, 5.74) is 5.49. The van der Waals surface area contributed by atoms with Gasteiger partial charge in [0.05, 0.1) is 26.4 Å². The van der Waals surface area contributed by atoms with E-state index in [-0.39, 0.29) is 37.7 Å². The number of sulfonamides is 1. The second-order valence-corrected chi connectivity index (χ2v) is 16.5. The second kappa shape index (κ2) is 16.9. The third-order valence-corrected chi connectivity index (χ3v) is 12.1. The van der Waals surface area contributed by atoms with Gasteiger partial charge in [-0.05, 0) is 109 Å². The molecule has 4 aromatic carbocycles. The molecule has 290 valence electrons. The number of benzene rings is 4. The highest BCUT2D eigenvalue weighted by atomic mass is 79.9. The normalized spacial score (nSPS) is 12.9. The Morgan fingerprint density at radius 3 is 2.14 bits per heavy atom. The summed E-state index contributed by atoms with van der Waals surface area (Å²) in [5.74, 6) is 0.584. The fourth-order valence-electron chi connectivity index (χ4n) is 6.64. The molecule has 2 aromatic heterocycles. The standard InChI is InChI=1S/C43H41BrFN3O7S/c1-4-54-43(49)39-27-55-42(46-39)37-26-48(33-7-5-6-32(44)23-33)40(36(37)20-28-8-9-28)22-31-14-19-41(38(45)21-31)56(50,51)47(24-29-10-15-34(52-2)16-11-29)25-30-12-17-35(53-3)18-13-30/h5-7,10-19,21,23,26-28H,4,8-9,20,22,24-25H2,1-3H3. The Bertz CT molecular complexity index is 2390. The first kappa shape index (κ1) is 39.0. The Labute approximate surface area is 334 Å². The van der Waals surface area contributed by atoms with Crippen LogP contribution in [0.5, 0.6) is 11.5 Å². The fraction of sp³-hybridized carbons (Fsp3) is 0.256. The molecular weight excluding hydrogens is 801 g/mol. The summed E-state index contributed by atoms with van der Waals surface area (Å²) in [5, 5.41) is 0. The highest BCUT2D eigenvalue weighted by Gasteiger charge is 2.31. The molecule has 7 rings (SSSR count). The monoisotopic (exact) mass is 841 g/mol. The number of carbonyl (C=O) groups excluding carboxylic acids is 1. The number of hydrogen-bond acceptors (Lipinski definition) is 8. The number of ether oxygens (including phenoxy) is 3. The van der Waals surface area contributed by atoms with E-state index in [1.807, 2.05) is 35.0 Å². The van der Waals surface area contributed by atoms with Gasteiger partial charge in [0.25, 0.3) is 0 Å². The molecule has 0 radical (unpaired) electrons. The third-order valence-electron chi connectivity index (χ3n) is 9.74. The van der Waals surface area contributed by atoms with E-state index in [2.05, 4.69) is 20.9 Å². The number of rotatable bonds is 16. The van der Waals surface area contributed by atoms with Crippen molar-refractivity contribution < 1.29 is 36.2 Å². The zero-order valence-corrected chi connectivity index (χ0v) is 33.6. The molecule has 1 aliphatic carbocycles. The van der Waals surface area contributed by atoms with Crippen LogP contribution in [0.4, 0.5) is 4.39 Å². The van der Waals surface area contributed by atoms with Crippen molar-refractivity contribution in [1.29, 1.82) is 0 Å². The molecule has 0 saturated heterocycles. The number of halogens is 2. The molecule has 0 bridgehead atoms. The zero-order chi connectivity index (χ0) is 39.4. The quantitative estimate of drug-likeness (QED) is 0.0888. The first-order valence-corrected chi connectivity index (χ1v) is 20.5. The van der Waals surface area contributed by atoms with Gasteiger partial charge < -0.3 is 23.2 Å². The number of hydrogen-bond donors (Lipinski definition) is 0. The van der Waals surface area contributed by atoms with Crippen LogP contribution in [-0.4, -0.2) is 49.1 Å². The maximum absolute atomic E-state index is 16.4. The lowest BCUT2D eigenvalue weighted by atomic mass is 9.99. The van der Waals surface area contributed by atoms with Crippen molar-refractivity contribution >= 4 is 31.9 Å². The van der Waals surface area contributed by atoms with Crippen molar-refractivity contribution in [3.63, 3.8) is 0 Å². The molecule has 0 N–H and O–H groups in total. The number of carbonyl (C=O) groups is 1. The first-order valence-electron chi connectivity index (χ1n) is 18.2. The van der Waals surface area contributed by atoms with Gasteiger partial charge in [-0.25, -0.2) is 22.6 Å². The molecule has 6 aromatic rings. The number of methoxy groups -OCH3 is 2. The maximum atomic E-state index is 16.4. The first-order chi connectivity index (χ1) is 27.1. The maximum Gasteiger partial charge on any atom is 0.360 e. The zero-order valence-electron chi connectivity index (χ0n) is 31.2. The second-order valence-electron chi connectivity index (χ2n) is 13.6. The van der Waals surface area contributed by atoms with Crippen LogP contribution in [0.25, 0.3) is 17.1 Å². The van der Waals surface area contributed by atoms with Crippen LogP contribution in [0.1, 0.15) is 58.2 Å². The molecule has 1 saturated carbocycles. The molecule has 0 spiro atoms. The summed E-state index contributed by atoms with van der Waals surface area (Å²) >= 11 is 3.59. The molecule has 0 amide bonds. The molecule has 1 aliphatic rings. The lowest BCUT2D eigenvalue weighted by Gasteiger charge is -2.23. The fourth-order valence-corrected chi connectivity index (χ4v) is 8.49. The average Bonchev–Trinajstić information content (AvgIpc) is 3.76. The molecule has 0 atom stereocenters. The summed E-state index contributed by atoms with van der Waals surface area (Å²) < 4.78 is 70.8. The number of oxazole rings is 1. The molecule has 56 heavy (non-hydrogen) atoms. The van der Waals surface area contributed by atoms with E-state index < -0.39 is 26.7 Å². The number of esters is 1. The summed E-state index contributed by atoms with van der Waals surface area (Å²) in [7, 11) is -1.21. The van der Waals surface area contributed by atoms with Gasteiger partial charge in [0.1, 0.15) is 28.5 Å². The topological polar surface area (TPSA) is 113 Å². The molecule has 2 heterocycles. The van der Waals surface area contributed by atoms with E-state index in [0.29, 0.717) is 34.1 Å². The Morgan fingerprint density at radius 2 is 1.57 bits per heavy atom. The van der Waals surface area contributed by atoms with Gasteiger partial charge in [0.15, 0.2) is 5.69 Å². The van der Waals surface area contributed by atoms with E-state index >= 15 is 4.39 Å². The SMILES string of the molecule is CCOC(=O)c1coc(-c2cn(-c3cccc(Br)c3)c(Cc3ccc(S(=O)(=O)N(Cc4ccc(OC)cc4)Cc4ccc(OC)cc4)c(F)c3)c2CC2CC2)n1. The van der Waals surface area contributed by atoms with Gasteiger partial charge in [0, 0.05) is 41.6 Å². The van der Waals surface area contributed by atoms with Gasteiger partial charge in [-0.3, -0.25) is 0 Å². The summed E-state index contributed by atoms with van der Waals surface area (Å²) in [4.78, 5) is 16.6. The average molecular weight is 843 g/mol. The van der Waals surface area contributed by atoms with Gasteiger partial charge >= 0.3 is 5.97 Å². The Balaban J connectivity index is 1.26. The van der Waals surface area contributed by atoms with Crippen LogP contribution in [0.15, 0.2) is 117 Å². The van der Waals surface area contributed by atoms with Crippen molar-refractivity contribution in [2.45, 2.75) is 50.6 Å². The van der Waals surface area contributed by atoms with E-state index in [1.54, 1.807) is 75.7 Å². The van der Waals surface area contributed by atoms with Gasteiger partial charge in [0.2, 0.25) is 15.9 Å². The molecular formula is C43H41BrFN3O7S. The minimum Gasteiger partial charge on any atom is -0.497 e. The van der Waals surface area contributed by atoms with Crippen molar-refractivity contribution in [3.05, 3.63) is 147 Å². The van der Waals surface area contributed by atoms with Crippen molar-refractivity contribution in [3.8, 4) is 28.6 Å². The van der Waals surface area contributed by atoms with Crippen LogP contribution in [0.2, 0.25) is 0 Å². The van der Waals surface area contributed by atoms with Crippen molar-refractivity contribution in [2.24, 2.45) is 5.92 Å². The third kappa shape index (κ3) is 8.75. The largest absolute Gasteiger partial charge is 0.497 e. The van der Waals surface area contributed by atoms with Crippen LogP contribution in [0.3, 0.4) is 0 Å². The highest BCUT2D eigenvalue weighted by Crippen LogP contribution is 2.40. The van der Waals surface area contributed by atoms with Crippen LogP contribution >= 0.6 is 15.9 Å². The smallest absolute Gasteiger partial charge is 0.360 e. The van der Waals surface area contributed by atoms with Gasteiger partial charge in [-0.1, -0.05) is 52.3 Å². The lowest BCUT2D eigenvalue weighted by molar-refractivity contribution is 0.0519. The summed E-state index contributed by atoms with van der Waals surface area (Å²) in [6, 6.07) is 26.3. The Morgan fingerprint density at radius 1 is 0.929 bits per heavy atom. The molecule has 0 unspecified atom stereocenters. The summed E-state index contributed by atoms with van der Waals surface area (Å²) in [6.07, 6.45) is 6.38. The Kier molecular flexibility index (Phi) is 11.7.